The van der Waals surface area contributed by atoms with E-state index in [0.717, 1.165) is 44.7 Å². The molecule has 3 aromatic rings. The minimum Gasteiger partial charge on any atom is -0.405 e. The number of aromatic nitrogens is 2. The van der Waals surface area contributed by atoms with Crippen LogP contribution in [0.5, 0.6) is 0 Å². The third kappa shape index (κ3) is 4.12. The van der Waals surface area contributed by atoms with Crippen LogP contribution in [0, 0.1) is 5.92 Å². The Bertz CT molecular complexity index is 1070. The Hall–Kier alpha value is -3.25. The van der Waals surface area contributed by atoms with E-state index in [2.05, 4.69) is 46.7 Å². The Morgan fingerprint density at radius 1 is 1.34 bits per heavy atom. The third-order valence-electron chi connectivity index (χ3n) is 5.29. The van der Waals surface area contributed by atoms with Gasteiger partial charge < -0.3 is 27.5 Å². The van der Waals surface area contributed by atoms with Crippen molar-refractivity contribution < 1.29 is 0 Å². The van der Waals surface area contributed by atoms with Crippen LogP contribution in [0.3, 0.4) is 0 Å². The van der Waals surface area contributed by atoms with E-state index in [1.807, 2.05) is 18.3 Å². The Morgan fingerprint density at radius 3 is 2.76 bits per heavy atom. The summed E-state index contributed by atoms with van der Waals surface area (Å²) in [6.07, 6.45) is 11.3. The van der Waals surface area contributed by atoms with Crippen LogP contribution in [0.15, 0.2) is 49.3 Å². The van der Waals surface area contributed by atoms with Gasteiger partial charge in [0.1, 0.15) is 5.82 Å². The van der Waals surface area contributed by atoms with Gasteiger partial charge in [0.25, 0.3) is 0 Å². The third-order valence-corrected chi connectivity index (χ3v) is 5.29. The van der Waals surface area contributed by atoms with Crippen molar-refractivity contribution >= 4 is 39.4 Å². The number of nitrogens with two attached hydrogens (primary N) is 3. The van der Waals surface area contributed by atoms with E-state index in [4.69, 9.17) is 11.5 Å². The van der Waals surface area contributed by atoms with E-state index in [1.54, 1.807) is 12.2 Å². The molecule has 8 N–H and O–H groups in total. The number of H-pyrrole nitrogens is 1. The number of nitrogens with one attached hydrogen (secondary N) is 2. The summed E-state index contributed by atoms with van der Waals surface area (Å²) in [5.74, 6) is 1.67. The number of pyridine rings is 1. The fourth-order valence-electron chi connectivity index (χ4n) is 3.55. The number of rotatable bonds is 6. The number of aromatic amines is 1. The fraction of sp³-hybridized carbons (Fsp3) is 0.261. The molecular weight excluding hydrogens is 360 g/mol. The van der Waals surface area contributed by atoms with Gasteiger partial charge in [-0.3, -0.25) is 0 Å². The van der Waals surface area contributed by atoms with E-state index in [9.17, 15) is 0 Å². The molecule has 0 radical (unpaired) electrons. The van der Waals surface area contributed by atoms with Crippen LogP contribution in [0.4, 0.5) is 5.82 Å². The zero-order valence-corrected chi connectivity index (χ0v) is 17.1. The van der Waals surface area contributed by atoms with Gasteiger partial charge in [0, 0.05) is 34.4 Å². The van der Waals surface area contributed by atoms with E-state index in [0.29, 0.717) is 11.7 Å². The van der Waals surface area contributed by atoms with Gasteiger partial charge in [0.2, 0.25) is 0 Å². The van der Waals surface area contributed by atoms with E-state index < -0.39 is 0 Å². The van der Waals surface area contributed by atoms with Crippen LogP contribution in [0.2, 0.25) is 0 Å². The molecule has 1 aromatic carbocycles. The predicted octanol–water partition coefficient (Wildman–Crippen LogP) is 3.92. The number of anilines is 1. The van der Waals surface area contributed by atoms with Crippen molar-refractivity contribution in [2.75, 3.05) is 12.4 Å². The standard InChI is InChI=1S/C22H25N5.CH5N/c1-3-14-12-25-22(26-13(2)15-6-7-15)20-17-9-8-16(18(24)5-4-10-23)11-19(17)27-21(14)20;1-2/h3-5,8-13,15,27H,1,6-7,23-24H2,2H3,(H,25,26);2H2,1H3/b10-4-,18-5-;. The van der Waals surface area contributed by atoms with Crippen molar-refractivity contribution in [3.63, 3.8) is 0 Å². The second-order valence-electron chi connectivity index (χ2n) is 7.18. The van der Waals surface area contributed by atoms with Crippen molar-refractivity contribution in [3.05, 3.63) is 60.5 Å². The molecule has 2 aromatic heterocycles. The molecule has 2 heterocycles. The monoisotopic (exact) mass is 390 g/mol. The number of hydrogen-bond donors (Lipinski definition) is 5. The smallest absolute Gasteiger partial charge is 0.136 e. The Labute approximate surface area is 171 Å². The zero-order chi connectivity index (χ0) is 21.0. The Balaban J connectivity index is 0.00000117. The molecule has 1 fully saturated rings. The molecule has 4 rings (SSSR count). The number of allylic oxidation sites excluding steroid dienone is 2. The highest BCUT2D eigenvalue weighted by Gasteiger charge is 2.28. The Kier molecular flexibility index (Phi) is 6.24. The maximum atomic E-state index is 6.16. The van der Waals surface area contributed by atoms with Crippen molar-refractivity contribution in [2.45, 2.75) is 25.8 Å². The lowest BCUT2D eigenvalue weighted by molar-refractivity contribution is 0.692. The summed E-state index contributed by atoms with van der Waals surface area (Å²) < 4.78 is 0. The first-order valence-corrected chi connectivity index (χ1v) is 9.88. The molecule has 29 heavy (non-hydrogen) atoms. The van der Waals surface area contributed by atoms with Crippen LogP contribution in [0.1, 0.15) is 30.9 Å². The minimum absolute atomic E-state index is 0.418. The van der Waals surface area contributed by atoms with Crippen molar-refractivity contribution in [2.24, 2.45) is 23.1 Å². The SMILES string of the molecule is C=Cc1cnc(NC(C)C2CC2)c2c1[nH]c1cc(/C(N)=C/C=C\N)ccc12.CN. The van der Waals surface area contributed by atoms with E-state index in [1.165, 1.54) is 26.1 Å². The quantitative estimate of drug-likeness (QED) is 0.409. The van der Waals surface area contributed by atoms with Crippen LogP contribution >= 0.6 is 0 Å². The summed E-state index contributed by atoms with van der Waals surface area (Å²) in [6.45, 7) is 6.16. The van der Waals surface area contributed by atoms with Gasteiger partial charge in [-0.25, -0.2) is 4.98 Å². The average molecular weight is 391 g/mol. The minimum atomic E-state index is 0.418. The lowest BCUT2D eigenvalue weighted by atomic mass is 10.1. The second-order valence-corrected chi connectivity index (χ2v) is 7.18. The largest absolute Gasteiger partial charge is 0.405 e. The molecule has 1 aliphatic rings. The lowest BCUT2D eigenvalue weighted by Crippen LogP contribution is -2.18. The average Bonchev–Trinajstić information content (AvgIpc) is 3.53. The first-order valence-electron chi connectivity index (χ1n) is 9.88. The van der Waals surface area contributed by atoms with Crippen molar-refractivity contribution in [1.29, 1.82) is 0 Å². The van der Waals surface area contributed by atoms with Gasteiger partial charge >= 0.3 is 0 Å². The molecule has 0 aliphatic heterocycles. The summed E-state index contributed by atoms with van der Waals surface area (Å²) in [4.78, 5) is 8.22. The summed E-state index contributed by atoms with van der Waals surface area (Å²) >= 11 is 0. The molecule has 6 heteroatoms. The van der Waals surface area contributed by atoms with Crippen LogP contribution in [-0.2, 0) is 0 Å². The highest BCUT2D eigenvalue weighted by atomic mass is 15.0. The van der Waals surface area contributed by atoms with Gasteiger partial charge in [-0.05, 0) is 62.7 Å². The molecule has 0 spiro atoms. The molecule has 1 unspecified atom stereocenters. The van der Waals surface area contributed by atoms with E-state index >= 15 is 0 Å². The molecule has 6 nitrogen and oxygen atoms in total. The predicted molar refractivity (Wildman–Crippen MR) is 125 cm³/mol. The van der Waals surface area contributed by atoms with Gasteiger partial charge in [-0.15, -0.1) is 0 Å². The maximum absolute atomic E-state index is 6.16. The molecule has 0 saturated heterocycles. The molecule has 152 valence electrons. The zero-order valence-electron chi connectivity index (χ0n) is 17.1. The first-order chi connectivity index (χ1) is 14.1. The lowest BCUT2D eigenvalue weighted by Gasteiger charge is -2.15. The molecule has 1 aliphatic carbocycles. The molecule has 1 saturated carbocycles. The summed E-state index contributed by atoms with van der Waals surface area (Å²) in [6, 6.07) is 6.60. The Morgan fingerprint density at radius 2 is 2.10 bits per heavy atom. The molecule has 0 bridgehead atoms. The molecule has 0 amide bonds. The highest BCUT2D eigenvalue weighted by molar-refractivity contribution is 6.14. The van der Waals surface area contributed by atoms with Crippen LogP contribution in [-0.4, -0.2) is 23.1 Å². The van der Waals surface area contributed by atoms with Crippen LogP contribution < -0.4 is 22.5 Å². The van der Waals surface area contributed by atoms with Gasteiger partial charge in [0.05, 0.1) is 10.9 Å². The van der Waals surface area contributed by atoms with Gasteiger partial charge in [-0.2, -0.15) is 0 Å². The van der Waals surface area contributed by atoms with Crippen LogP contribution in [0.25, 0.3) is 33.6 Å². The summed E-state index contributed by atoms with van der Waals surface area (Å²) in [5, 5.41) is 5.84. The second kappa shape index (κ2) is 8.84. The number of benzene rings is 1. The normalized spacial score (nSPS) is 15.3. The summed E-state index contributed by atoms with van der Waals surface area (Å²) in [5.41, 5.74) is 20.7. The first kappa shape index (κ1) is 20.5. The van der Waals surface area contributed by atoms with Gasteiger partial charge in [0.15, 0.2) is 0 Å². The van der Waals surface area contributed by atoms with Crippen molar-refractivity contribution in [1.82, 2.24) is 9.97 Å². The summed E-state index contributed by atoms with van der Waals surface area (Å²) in [7, 11) is 1.50. The molecule has 1 atom stereocenters. The van der Waals surface area contributed by atoms with Gasteiger partial charge in [-0.1, -0.05) is 24.8 Å². The fourth-order valence-corrected chi connectivity index (χ4v) is 3.55. The topological polar surface area (TPSA) is 119 Å². The van der Waals surface area contributed by atoms with Crippen molar-refractivity contribution in [3.8, 4) is 0 Å². The highest BCUT2D eigenvalue weighted by Crippen LogP contribution is 2.37. The number of hydrogen-bond acceptors (Lipinski definition) is 5. The maximum Gasteiger partial charge on any atom is 0.136 e. The molecular formula is C23H30N6. The number of nitrogens with zero attached hydrogens (tertiary/aromatic N) is 1. The van der Waals surface area contributed by atoms with E-state index in [-0.39, 0.29) is 0 Å². The number of fused-ring (bicyclic) bond motifs is 3.